The molecule has 0 radical (unpaired) electrons. The molecule has 0 spiro atoms. The number of ether oxygens (including phenoxy) is 1. The number of carbonyl (C=O) groups is 1. The van der Waals surface area contributed by atoms with E-state index in [1.54, 1.807) is 12.1 Å². The van der Waals surface area contributed by atoms with E-state index in [1.807, 2.05) is 43.3 Å². The van der Waals surface area contributed by atoms with Crippen LogP contribution >= 0.6 is 0 Å². The second-order valence-electron chi connectivity index (χ2n) is 4.78. The van der Waals surface area contributed by atoms with Gasteiger partial charge in [0.25, 0.3) is 0 Å². The van der Waals surface area contributed by atoms with Gasteiger partial charge in [0.15, 0.2) is 0 Å². The first kappa shape index (κ1) is 14.8. The van der Waals surface area contributed by atoms with E-state index in [0.29, 0.717) is 18.6 Å². The van der Waals surface area contributed by atoms with Gasteiger partial charge in [-0.15, -0.1) is 0 Å². The van der Waals surface area contributed by atoms with Gasteiger partial charge in [-0.05, 0) is 35.2 Å². The predicted octanol–water partition coefficient (Wildman–Crippen LogP) is 4.13. The molecule has 0 aliphatic carbocycles. The first-order valence-electron chi connectivity index (χ1n) is 7.00. The van der Waals surface area contributed by atoms with Crippen LogP contribution < -0.4 is 4.74 Å². The molecule has 0 aromatic heterocycles. The fourth-order valence-corrected chi connectivity index (χ4v) is 2.01. The fraction of sp³-hybridized carbons (Fsp3) is 0.222. The molecule has 0 aliphatic heterocycles. The summed E-state index contributed by atoms with van der Waals surface area (Å²) in [6.45, 7) is 1.94. The van der Waals surface area contributed by atoms with Crippen molar-refractivity contribution in [2.45, 2.75) is 26.2 Å². The molecule has 21 heavy (non-hydrogen) atoms. The molecule has 0 aliphatic rings. The maximum atomic E-state index is 11.4. The van der Waals surface area contributed by atoms with E-state index in [1.165, 1.54) is 0 Å². The number of hydrogen-bond donors (Lipinski definition) is 0. The Morgan fingerprint density at radius 1 is 1.05 bits per heavy atom. The molecular formula is C18H17NO2. The summed E-state index contributed by atoms with van der Waals surface area (Å²) >= 11 is 0. The second-order valence-corrected chi connectivity index (χ2v) is 4.78. The first-order valence-corrected chi connectivity index (χ1v) is 7.00. The lowest BCUT2D eigenvalue weighted by atomic mass is 10.0. The molecule has 2 rings (SSSR count). The average molecular weight is 279 g/mol. The number of carbonyl (C=O) groups excluding carboxylic acids is 1. The number of benzene rings is 2. The molecule has 0 fully saturated rings. The van der Waals surface area contributed by atoms with Crippen molar-refractivity contribution in [3.63, 3.8) is 0 Å². The zero-order valence-corrected chi connectivity index (χ0v) is 12.0. The van der Waals surface area contributed by atoms with E-state index >= 15 is 0 Å². The molecule has 0 heterocycles. The Bertz CT molecular complexity index is 636. The molecule has 3 nitrogen and oxygen atoms in total. The highest BCUT2D eigenvalue weighted by molar-refractivity contribution is 5.73. The van der Waals surface area contributed by atoms with Crippen LogP contribution in [0.4, 0.5) is 0 Å². The minimum absolute atomic E-state index is 0.203. The molecule has 2 aromatic carbocycles. The van der Waals surface area contributed by atoms with Crippen molar-refractivity contribution in [3.8, 4) is 22.9 Å². The third kappa shape index (κ3) is 4.19. The standard InChI is InChI=1S/C18H17NO2/c1-2-3-18(20)21-17-10-8-16(9-11-17)15-6-4-14(5-7-15)12-13-19/h4-11H,2-3,12H2,1H3. The monoisotopic (exact) mass is 279 g/mol. The quantitative estimate of drug-likeness (QED) is 0.611. The molecule has 106 valence electrons. The Labute approximate surface area is 124 Å². The van der Waals surface area contributed by atoms with Crippen LogP contribution in [0, 0.1) is 11.3 Å². The van der Waals surface area contributed by atoms with Crippen LogP contribution in [0.3, 0.4) is 0 Å². The van der Waals surface area contributed by atoms with Crippen LogP contribution in [0.2, 0.25) is 0 Å². The van der Waals surface area contributed by atoms with Gasteiger partial charge in [-0.25, -0.2) is 0 Å². The van der Waals surface area contributed by atoms with Gasteiger partial charge in [-0.3, -0.25) is 4.79 Å². The van der Waals surface area contributed by atoms with Gasteiger partial charge < -0.3 is 4.74 Å². The molecule has 0 bridgehead atoms. The third-order valence-corrected chi connectivity index (χ3v) is 3.11. The van der Waals surface area contributed by atoms with Gasteiger partial charge in [-0.1, -0.05) is 43.3 Å². The Morgan fingerprint density at radius 2 is 1.62 bits per heavy atom. The normalized spacial score (nSPS) is 9.90. The molecule has 0 saturated carbocycles. The highest BCUT2D eigenvalue weighted by atomic mass is 16.5. The summed E-state index contributed by atoms with van der Waals surface area (Å²) in [6.07, 6.45) is 1.64. The number of rotatable bonds is 5. The van der Waals surface area contributed by atoms with Gasteiger partial charge in [0, 0.05) is 6.42 Å². The molecule has 0 N–H and O–H groups in total. The fourth-order valence-electron chi connectivity index (χ4n) is 2.01. The van der Waals surface area contributed by atoms with E-state index in [0.717, 1.165) is 23.1 Å². The van der Waals surface area contributed by atoms with Gasteiger partial charge in [0.2, 0.25) is 0 Å². The van der Waals surface area contributed by atoms with Gasteiger partial charge in [0.05, 0.1) is 12.5 Å². The summed E-state index contributed by atoms with van der Waals surface area (Å²) in [5.74, 6) is 0.365. The summed E-state index contributed by atoms with van der Waals surface area (Å²) in [6, 6.07) is 17.5. The summed E-state index contributed by atoms with van der Waals surface area (Å²) < 4.78 is 5.22. The molecular weight excluding hydrogens is 262 g/mol. The SMILES string of the molecule is CCCC(=O)Oc1ccc(-c2ccc(CC#N)cc2)cc1. The number of hydrogen-bond acceptors (Lipinski definition) is 3. The van der Waals surface area contributed by atoms with Crippen LogP contribution in [0.15, 0.2) is 48.5 Å². The van der Waals surface area contributed by atoms with Crippen molar-refractivity contribution in [2.75, 3.05) is 0 Å². The highest BCUT2D eigenvalue weighted by Gasteiger charge is 2.04. The van der Waals surface area contributed by atoms with E-state index in [2.05, 4.69) is 6.07 Å². The van der Waals surface area contributed by atoms with Crippen molar-refractivity contribution in [1.29, 1.82) is 5.26 Å². The van der Waals surface area contributed by atoms with E-state index in [4.69, 9.17) is 10.00 Å². The van der Waals surface area contributed by atoms with Crippen LogP contribution in [0.1, 0.15) is 25.3 Å². The Morgan fingerprint density at radius 3 is 2.14 bits per heavy atom. The maximum absolute atomic E-state index is 11.4. The molecule has 0 saturated heterocycles. The molecule has 2 aromatic rings. The summed E-state index contributed by atoms with van der Waals surface area (Å²) in [7, 11) is 0. The maximum Gasteiger partial charge on any atom is 0.311 e. The van der Waals surface area contributed by atoms with Crippen molar-refractivity contribution in [1.82, 2.24) is 0 Å². The van der Waals surface area contributed by atoms with E-state index in [-0.39, 0.29) is 5.97 Å². The average Bonchev–Trinajstić information content (AvgIpc) is 2.49. The van der Waals surface area contributed by atoms with Crippen LogP contribution in [-0.4, -0.2) is 5.97 Å². The minimum Gasteiger partial charge on any atom is -0.427 e. The topological polar surface area (TPSA) is 50.1 Å². The second kappa shape index (κ2) is 7.25. The predicted molar refractivity (Wildman–Crippen MR) is 81.7 cm³/mol. The van der Waals surface area contributed by atoms with Crippen molar-refractivity contribution < 1.29 is 9.53 Å². The van der Waals surface area contributed by atoms with Crippen molar-refractivity contribution >= 4 is 5.97 Å². The lowest BCUT2D eigenvalue weighted by Crippen LogP contribution is -2.06. The highest BCUT2D eigenvalue weighted by Crippen LogP contribution is 2.23. The van der Waals surface area contributed by atoms with Gasteiger partial charge in [0.1, 0.15) is 5.75 Å². The minimum atomic E-state index is -0.203. The summed E-state index contributed by atoms with van der Waals surface area (Å²) in [5.41, 5.74) is 3.13. The Hall–Kier alpha value is -2.60. The van der Waals surface area contributed by atoms with Crippen molar-refractivity contribution in [2.24, 2.45) is 0 Å². The van der Waals surface area contributed by atoms with Crippen LogP contribution in [-0.2, 0) is 11.2 Å². The largest absolute Gasteiger partial charge is 0.427 e. The van der Waals surface area contributed by atoms with Crippen LogP contribution in [0.25, 0.3) is 11.1 Å². The lowest BCUT2D eigenvalue weighted by molar-refractivity contribution is -0.134. The number of nitrogens with zero attached hydrogens (tertiary/aromatic N) is 1. The first-order chi connectivity index (χ1) is 10.2. The summed E-state index contributed by atoms with van der Waals surface area (Å²) in [4.78, 5) is 11.4. The molecule has 3 heteroatoms. The molecule has 0 unspecified atom stereocenters. The van der Waals surface area contributed by atoms with E-state index < -0.39 is 0 Å². The smallest absolute Gasteiger partial charge is 0.311 e. The van der Waals surface area contributed by atoms with E-state index in [9.17, 15) is 4.79 Å². The molecule has 0 amide bonds. The van der Waals surface area contributed by atoms with Gasteiger partial charge in [-0.2, -0.15) is 5.26 Å². The third-order valence-electron chi connectivity index (χ3n) is 3.11. The lowest BCUT2D eigenvalue weighted by Gasteiger charge is -2.06. The number of nitriles is 1. The Balaban J connectivity index is 2.08. The van der Waals surface area contributed by atoms with Gasteiger partial charge >= 0.3 is 5.97 Å². The van der Waals surface area contributed by atoms with Crippen molar-refractivity contribution in [3.05, 3.63) is 54.1 Å². The summed E-state index contributed by atoms with van der Waals surface area (Å²) in [5, 5.41) is 8.66. The Kier molecular flexibility index (Phi) is 5.11. The zero-order valence-electron chi connectivity index (χ0n) is 12.0. The van der Waals surface area contributed by atoms with Crippen LogP contribution in [0.5, 0.6) is 5.75 Å². The molecule has 0 atom stereocenters. The number of esters is 1. The zero-order chi connectivity index (χ0) is 15.1.